The summed E-state index contributed by atoms with van der Waals surface area (Å²) in [4.78, 5) is 18.5. The average Bonchev–Trinajstić information content (AvgIpc) is 3.08. The molecule has 22 heavy (non-hydrogen) atoms. The number of hydrogen-bond acceptors (Lipinski definition) is 5. The lowest BCUT2D eigenvalue weighted by Gasteiger charge is -2.17. The highest BCUT2D eigenvalue weighted by Gasteiger charge is 2.31. The van der Waals surface area contributed by atoms with Crippen LogP contribution in [0.5, 0.6) is 5.88 Å². The summed E-state index contributed by atoms with van der Waals surface area (Å²) in [5.41, 5.74) is 1.18. The number of aryl methyl sites for hydroxylation is 2. The molecule has 2 aromatic rings. The van der Waals surface area contributed by atoms with Crippen LogP contribution in [0.2, 0.25) is 0 Å². The van der Waals surface area contributed by atoms with Gasteiger partial charge >= 0.3 is 0 Å². The lowest BCUT2D eigenvalue weighted by Crippen LogP contribution is -2.31. The summed E-state index contributed by atoms with van der Waals surface area (Å²) < 4.78 is 11.8. The van der Waals surface area contributed by atoms with E-state index in [0.717, 1.165) is 10.9 Å². The van der Waals surface area contributed by atoms with Crippen LogP contribution in [0.4, 0.5) is 0 Å². The molecule has 116 valence electrons. The molecule has 0 aromatic carbocycles. The Balaban J connectivity index is 1.68. The summed E-state index contributed by atoms with van der Waals surface area (Å²) >= 11 is 3.41. The van der Waals surface area contributed by atoms with Gasteiger partial charge in [-0.25, -0.2) is 4.98 Å². The summed E-state index contributed by atoms with van der Waals surface area (Å²) in [7, 11) is 0. The molecule has 0 spiro atoms. The lowest BCUT2D eigenvalue weighted by atomic mass is 10.2. The number of rotatable bonds is 3. The zero-order valence-electron chi connectivity index (χ0n) is 12.4. The van der Waals surface area contributed by atoms with E-state index < -0.39 is 0 Å². The van der Waals surface area contributed by atoms with Crippen LogP contribution in [0.1, 0.15) is 28.2 Å². The molecule has 1 fully saturated rings. The summed E-state index contributed by atoms with van der Waals surface area (Å²) in [6, 6.07) is 3.71. The van der Waals surface area contributed by atoms with Gasteiger partial charge in [-0.3, -0.25) is 4.79 Å². The predicted molar refractivity (Wildman–Crippen MR) is 82.9 cm³/mol. The number of carbonyl (C=O) groups is 1. The van der Waals surface area contributed by atoms with Gasteiger partial charge in [0.1, 0.15) is 17.4 Å². The second-order valence-electron chi connectivity index (χ2n) is 5.27. The third-order valence-corrected chi connectivity index (χ3v) is 4.29. The molecule has 7 heteroatoms. The van der Waals surface area contributed by atoms with E-state index in [9.17, 15) is 4.79 Å². The minimum atomic E-state index is -0.0596. The maximum absolute atomic E-state index is 12.6. The highest BCUT2D eigenvalue weighted by molar-refractivity contribution is 9.10. The number of amides is 1. The van der Waals surface area contributed by atoms with Gasteiger partial charge in [0.25, 0.3) is 5.91 Å². The van der Waals surface area contributed by atoms with Crippen molar-refractivity contribution in [2.75, 3.05) is 13.1 Å². The molecule has 0 N–H and O–H groups in total. The van der Waals surface area contributed by atoms with Gasteiger partial charge in [-0.2, -0.15) is 0 Å². The molecular formula is C15H16BrN3O3. The Kier molecular flexibility index (Phi) is 4.15. The average molecular weight is 366 g/mol. The molecule has 1 saturated heterocycles. The van der Waals surface area contributed by atoms with E-state index in [1.807, 2.05) is 12.1 Å². The van der Waals surface area contributed by atoms with Crippen molar-refractivity contribution < 1.29 is 14.1 Å². The first-order valence-electron chi connectivity index (χ1n) is 7.05. The van der Waals surface area contributed by atoms with Crippen molar-refractivity contribution >= 4 is 21.8 Å². The third kappa shape index (κ3) is 2.85. The van der Waals surface area contributed by atoms with Crippen LogP contribution < -0.4 is 4.74 Å². The van der Waals surface area contributed by atoms with Gasteiger partial charge in [-0.1, -0.05) is 5.16 Å². The van der Waals surface area contributed by atoms with E-state index in [1.54, 1.807) is 24.9 Å². The zero-order chi connectivity index (χ0) is 15.7. The number of aromatic nitrogens is 2. The largest absolute Gasteiger partial charge is 0.472 e. The third-order valence-electron chi connectivity index (χ3n) is 3.68. The first-order valence-corrected chi connectivity index (χ1v) is 7.85. The number of halogens is 1. The summed E-state index contributed by atoms with van der Waals surface area (Å²) in [5.74, 6) is 1.06. The molecule has 0 radical (unpaired) electrons. The van der Waals surface area contributed by atoms with E-state index in [0.29, 0.717) is 36.0 Å². The van der Waals surface area contributed by atoms with E-state index in [2.05, 4.69) is 26.1 Å². The topological polar surface area (TPSA) is 68.5 Å². The van der Waals surface area contributed by atoms with E-state index in [1.165, 1.54) is 0 Å². The van der Waals surface area contributed by atoms with Crippen LogP contribution in [0.25, 0.3) is 0 Å². The van der Waals surface area contributed by atoms with E-state index in [4.69, 9.17) is 9.26 Å². The van der Waals surface area contributed by atoms with Crippen LogP contribution >= 0.6 is 15.9 Å². The van der Waals surface area contributed by atoms with Gasteiger partial charge in [0.2, 0.25) is 5.88 Å². The van der Waals surface area contributed by atoms with Gasteiger partial charge in [-0.05, 0) is 41.9 Å². The molecule has 0 aliphatic carbocycles. The van der Waals surface area contributed by atoms with E-state index in [-0.39, 0.29) is 12.0 Å². The van der Waals surface area contributed by atoms with Crippen molar-refractivity contribution in [2.24, 2.45) is 0 Å². The maximum Gasteiger partial charge on any atom is 0.259 e. The zero-order valence-corrected chi connectivity index (χ0v) is 14.0. The molecule has 1 amide bonds. The first kappa shape index (κ1) is 15.0. The van der Waals surface area contributed by atoms with Crippen LogP contribution in [0, 0.1) is 13.8 Å². The Morgan fingerprint density at radius 2 is 2.32 bits per heavy atom. The molecule has 0 bridgehead atoms. The summed E-state index contributed by atoms with van der Waals surface area (Å²) in [6.45, 7) is 4.71. The number of ether oxygens (including phenoxy) is 1. The van der Waals surface area contributed by atoms with Gasteiger partial charge in [0, 0.05) is 19.2 Å². The fourth-order valence-electron chi connectivity index (χ4n) is 2.57. The second-order valence-corrected chi connectivity index (χ2v) is 6.12. The molecule has 1 unspecified atom stereocenters. The number of nitrogens with zero attached hydrogens (tertiary/aromatic N) is 3. The van der Waals surface area contributed by atoms with Crippen molar-refractivity contribution in [3.8, 4) is 5.88 Å². The minimum Gasteiger partial charge on any atom is -0.472 e. The molecule has 1 atom stereocenters. The minimum absolute atomic E-state index is 0.0533. The van der Waals surface area contributed by atoms with Crippen molar-refractivity contribution in [3.63, 3.8) is 0 Å². The molecule has 6 nitrogen and oxygen atoms in total. The van der Waals surface area contributed by atoms with Crippen molar-refractivity contribution in [1.29, 1.82) is 0 Å². The summed E-state index contributed by atoms with van der Waals surface area (Å²) in [6.07, 6.45) is 2.40. The first-order chi connectivity index (χ1) is 10.6. The Hall–Kier alpha value is -1.89. The fraction of sp³-hybridized carbons (Fsp3) is 0.400. The molecule has 0 saturated carbocycles. The van der Waals surface area contributed by atoms with Crippen LogP contribution in [0.3, 0.4) is 0 Å². The van der Waals surface area contributed by atoms with Crippen molar-refractivity contribution in [2.45, 2.75) is 26.4 Å². The highest BCUT2D eigenvalue weighted by atomic mass is 79.9. The number of carbonyl (C=O) groups excluding carboxylic acids is 1. The SMILES string of the molecule is Cc1noc(C)c1C(=O)N1CCC(Oc2ncccc2Br)C1. The molecule has 2 aromatic heterocycles. The van der Waals surface area contributed by atoms with Gasteiger partial charge in [0.05, 0.1) is 16.7 Å². The Labute approximate surface area is 136 Å². The van der Waals surface area contributed by atoms with Crippen LogP contribution in [-0.4, -0.2) is 40.1 Å². The highest BCUT2D eigenvalue weighted by Crippen LogP contribution is 2.25. The fourth-order valence-corrected chi connectivity index (χ4v) is 2.92. The van der Waals surface area contributed by atoms with Crippen molar-refractivity contribution in [1.82, 2.24) is 15.0 Å². The van der Waals surface area contributed by atoms with Gasteiger partial charge < -0.3 is 14.2 Å². The van der Waals surface area contributed by atoms with Crippen LogP contribution in [0.15, 0.2) is 27.3 Å². The molecule has 1 aliphatic rings. The molecule has 3 rings (SSSR count). The van der Waals surface area contributed by atoms with E-state index >= 15 is 0 Å². The molecule has 3 heterocycles. The maximum atomic E-state index is 12.6. The number of likely N-dealkylation sites (tertiary alicyclic amines) is 1. The quantitative estimate of drug-likeness (QED) is 0.836. The normalized spacial score (nSPS) is 17.8. The Morgan fingerprint density at radius 3 is 3.00 bits per heavy atom. The monoisotopic (exact) mass is 365 g/mol. The standard InChI is InChI=1S/C15H16BrN3O3/c1-9-13(10(2)22-18-9)15(20)19-7-5-11(8-19)21-14-12(16)4-3-6-17-14/h3-4,6,11H,5,7-8H2,1-2H3. The van der Waals surface area contributed by atoms with Gasteiger partial charge in [-0.15, -0.1) is 0 Å². The smallest absolute Gasteiger partial charge is 0.259 e. The number of pyridine rings is 1. The molecular weight excluding hydrogens is 350 g/mol. The van der Waals surface area contributed by atoms with Crippen LogP contribution in [-0.2, 0) is 0 Å². The number of hydrogen-bond donors (Lipinski definition) is 0. The van der Waals surface area contributed by atoms with Gasteiger partial charge in [0.15, 0.2) is 0 Å². The summed E-state index contributed by atoms with van der Waals surface area (Å²) in [5, 5.41) is 3.84. The Morgan fingerprint density at radius 1 is 1.50 bits per heavy atom. The predicted octanol–water partition coefficient (Wildman–Crippen LogP) is 2.74. The lowest BCUT2D eigenvalue weighted by molar-refractivity contribution is 0.0768. The molecule has 1 aliphatic heterocycles. The second kappa shape index (κ2) is 6.08. The van der Waals surface area contributed by atoms with Crippen molar-refractivity contribution in [3.05, 3.63) is 39.8 Å². The Bertz CT molecular complexity index is 682.